The first-order valence-electron chi connectivity index (χ1n) is 3.40. The van der Waals surface area contributed by atoms with Gasteiger partial charge in [0.05, 0.1) is 6.20 Å². The summed E-state index contributed by atoms with van der Waals surface area (Å²) in [6.07, 6.45) is 1.22. The summed E-state index contributed by atoms with van der Waals surface area (Å²) in [6, 6.07) is 1.48. The summed E-state index contributed by atoms with van der Waals surface area (Å²) in [5.41, 5.74) is 1.78. The zero-order chi connectivity index (χ0) is 10.3. The number of nitrogens with zero attached hydrogens (tertiary/aromatic N) is 1. The molecule has 0 aliphatic heterocycles. The zero-order valence-corrected chi connectivity index (χ0v) is 8.58. The van der Waals surface area contributed by atoms with Gasteiger partial charge in [0.1, 0.15) is 5.82 Å². The molecule has 1 N–H and O–H groups in total. The molecule has 1 rings (SSSR count). The van der Waals surface area contributed by atoms with E-state index in [2.05, 4.69) is 20.9 Å². The van der Waals surface area contributed by atoms with Crippen LogP contribution in [0.2, 0.25) is 0 Å². The molecule has 5 heteroatoms. The van der Waals surface area contributed by atoms with Crippen LogP contribution in [0.15, 0.2) is 12.3 Å². The van der Waals surface area contributed by atoms with Crippen LogP contribution in [0.3, 0.4) is 0 Å². The van der Waals surface area contributed by atoms with Crippen LogP contribution in [0, 0.1) is 12.7 Å². The molecule has 13 heavy (non-hydrogen) atoms. The number of pyridine rings is 1. The molecule has 0 radical (unpaired) electrons. The number of hydrogen-bond acceptors (Lipinski definition) is 2. The standard InChI is InChI=1S/C7H7BrFN.CH2O2/c1-5-6(3-8)2-7(9)4-10-5;2-1-3/h2,4H,3H2,1H3;1H,(H,2,3). The summed E-state index contributed by atoms with van der Waals surface area (Å²) < 4.78 is 12.5. The zero-order valence-electron chi connectivity index (χ0n) is 7.00. The summed E-state index contributed by atoms with van der Waals surface area (Å²) in [5, 5.41) is 7.55. The first-order chi connectivity index (χ1) is 6.15. The molecule has 1 heterocycles. The largest absolute Gasteiger partial charge is 0.483 e. The van der Waals surface area contributed by atoms with Gasteiger partial charge in [0, 0.05) is 11.0 Å². The van der Waals surface area contributed by atoms with Gasteiger partial charge in [-0.2, -0.15) is 0 Å². The highest BCUT2D eigenvalue weighted by Gasteiger charge is 1.98. The van der Waals surface area contributed by atoms with Crippen LogP contribution in [0.1, 0.15) is 11.3 Å². The van der Waals surface area contributed by atoms with Crippen molar-refractivity contribution < 1.29 is 14.3 Å². The maximum Gasteiger partial charge on any atom is 0.290 e. The van der Waals surface area contributed by atoms with Crippen molar-refractivity contribution in [3.8, 4) is 0 Å². The second-order valence-corrected chi connectivity index (χ2v) is 2.70. The number of carbonyl (C=O) groups is 1. The molecule has 3 nitrogen and oxygen atoms in total. The molecular weight excluding hydrogens is 241 g/mol. The van der Waals surface area contributed by atoms with Gasteiger partial charge in [0.25, 0.3) is 6.47 Å². The van der Waals surface area contributed by atoms with E-state index >= 15 is 0 Å². The van der Waals surface area contributed by atoms with Gasteiger partial charge in [-0.15, -0.1) is 0 Å². The fourth-order valence-electron chi connectivity index (χ4n) is 0.685. The van der Waals surface area contributed by atoms with Crippen molar-refractivity contribution in [3.05, 3.63) is 29.3 Å². The number of rotatable bonds is 1. The number of alkyl halides is 1. The number of aromatic nitrogens is 1. The van der Waals surface area contributed by atoms with Crippen LogP contribution < -0.4 is 0 Å². The Morgan fingerprint density at radius 3 is 2.69 bits per heavy atom. The third kappa shape index (κ3) is 4.57. The Bertz CT molecular complexity index is 281. The van der Waals surface area contributed by atoms with Crippen molar-refractivity contribution >= 4 is 22.4 Å². The molecule has 0 aromatic carbocycles. The fourth-order valence-corrected chi connectivity index (χ4v) is 1.25. The molecule has 0 amide bonds. The smallest absolute Gasteiger partial charge is 0.290 e. The van der Waals surface area contributed by atoms with Crippen LogP contribution in [0.5, 0.6) is 0 Å². The van der Waals surface area contributed by atoms with Gasteiger partial charge in [-0.05, 0) is 18.6 Å². The summed E-state index contributed by atoms with van der Waals surface area (Å²) in [4.78, 5) is 12.2. The van der Waals surface area contributed by atoms with Gasteiger partial charge < -0.3 is 5.11 Å². The molecule has 1 aromatic heterocycles. The van der Waals surface area contributed by atoms with E-state index in [4.69, 9.17) is 9.90 Å². The third-order valence-corrected chi connectivity index (χ3v) is 1.91. The van der Waals surface area contributed by atoms with Crippen molar-refractivity contribution in [2.75, 3.05) is 0 Å². The van der Waals surface area contributed by atoms with E-state index in [0.717, 1.165) is 11.3 Å². The van der Waals surface area contributed by atoms with Crippen molar-refractivity contribution in [1.29, 1.82) is 0 Å². The van der Waals surface area contributed by atoms with E-state index in [9.17, 15) is 4.39 Å². The highest BCUT2D eigenvalue weighted by Crippen LogP contribution is 2.10. The van der Waals surface area contributed by atoms with Crippen LogP contribution >= 0.6 is 15.9 Å². The van der Waals surface area contributed by atoms with E-state index in [1.807, 2.05) is 6.92 Å². The minimum Gasteiger partial charge on any atom is -0.483 e. The lowest BCUT2D eigenvalue weighted by atomic mass is 10.2. The van der Waals surface area contributed by atoms with Crippen molar-refractivity contribution in [3.63, 3.8) is 0 Å². The van der Waals surface area contributed by atoms with Crippen molar-refractivity contribution in [2.45, 2.75) is 12.3 Å². The van der Waals surface area contributed by atoms with E-state index in [-0.39, 0.29) is 12.3 Å². The molecule has 1 aromatic rings. The lowest BCUT2D eigenvalue weighted by Crippen LogP contribution is -1.90. The Morgan fingerprint density at radius 2 is 2.31 bits per heavy atom. The maximum atomic E-state index is 12.5. The molecule has 0 saturated heterocycles. The van der Waals surface area contributed by atoms with Gasteiger partial charge in [0.2, 0.25) is 0 Å². The highest BCUT2D eigenvalue weighted by atomic mass is 79.9. The third-order valence-electron chi connectivity index (χ3n) is 1.30. The number of halogens is 2. The minimum absolute atomic E-state index is 0.250. The predicted octanol–water partition coefficient (Wildman–Crippen LogP) is 2.12. The second kappa shape index (κ2) is 6.54. The SMILES string of the molecule is Cc1ncc(F)cc1CBr.O=CO. The van der Waals surface area contributed by atoms with Crippen molar-refractivity contribution in [1.82, 2.24) is 4.98 Å². The van der Waals surface area contributed by atoms with Gasteiger partial charge in [0.15, 0.2) is 0 Å². The van der Waals surface area contributed by atoms with E-state index in [1.165, 1.54) is 12.3 Å². The fraction of sp³-hybridized carbons (Fsp3) is 0.250. The molecular formula is C8H9BrFNO2. The minimum atomic E-state index is -0.278. The Morgan fingerprint density at radius 1 is 1.77 bits per heavy atom. The average molecular weight is 250 g/mol. The monoisotopic (exact) mass is 249 g/mol. The lowest BCUT2D eigenvalue weighted by Gasteiger charge is -1.98. The average Bonchev–Trinajstić information content (AvgIpc) is 2.10. The number of hydrogen-bond donors (Lipinski definition) is 1. The summed E-state index contributed by atoms with van der Waals surface area (Å²) >= 11 is 3.24. The first-order valence-corrected chi connectivity index (χ1v) is 4.52. The molecule has 0 aliphatic carbocycles. The molecule has 0 spiro atoms. The molecule has 72 valence electrons. The number of carboxylic acid groups (broad SMARTS) is 1. The quantitative estimate of drug-likeness (QED) is 0.613. The number of aryl methyl sites for hydroxylation is 1. The van der Waals surface area contributed by atoms with E-state index in [1.54, 1.807) is 0 Å². The Hall–Kier alpha value is -0.970. The van der Waals surface area contributed by atoms with E-state index < -0.39 is 0 Å². The highest BCUT2D eigenvalue weighted by molar-refractivity contribution is 9.08. The Labute approximate surface area is 83.7 Å². The lowest BCUT2D eigenvalue weighted by molar-refractivity contribution is -0.122. The van der Waals surface area contributed by atoms with Gasteiger partial charge in [-0.3, -0.25) is 9.78 Å². The topological polar surface area (TPSA) is 50.2 Å². The van der Waals surface area contributed by atoms with Gasteiger partial charge in [-0.25, -0.2) is 4.39 Å². The Balaban J connectivity index is 0.000000424. The summed E-state index contributed by atoms with van der Waals surface area (Å²) in [6.45, 7) is 1.61. The van der Waals surface area contributed by atoms with Crippen molar-refractivity contribution in [2.24, 2.45) is 0 Å². The molecule has 0 unspecified atom stereocenters. The first kappa shape index (κ1) is 12.0. The molecule has 0 atom stereocenters. The van der Waals surface area contributed by atoms with E-state index in [0.29, 0.717) is 5.33 Å². The second-order valence-electron chi connectivity index (χ2n) is 2.14. The van der Waals surface area contributed by atoms with Crippen LogP contribution in [-0.4, -0.2) is 16.6 Å². The van der Waals surface area contributed by atoms with Gasteiger partial charge >= 0.3 is 0 Å². The predicted molar refractivity (Wildman–Crippen MR) is 50.3 cm³/mol. The van der Waals surface area contributed by atoms with Crippen LogP contribution in [-0.2, 0) is 10.1 Å². The Kier molecular flexibility index (Phi) is 6.05. The van der Waals surface area contributed by atoms with Gasteiger partial charge in [-0.1, -0.05) is 15.9 Å². The molecule has 0 bridgehead atoms. The molecule has 0 fully saturated rings. The summed E-state index contributed by atoms with van der Waals surface area (Å²) in [5.74, 6) is -0.278. The molecule has 0 saturated carbocycles. The maximum absolute atomic E-state index is 12.5. The normalized spacial score (nSPS) is 8.54. The molecule has 0 aliphatic rings. The summed E-state index contributed by atoms with van der Waals surface area (Å²) in [7, 11) is 0. The van der Waals surface area contributed by atoms with Crippen LogP contribution in [0.25, 0.3) is 0 Å². The van der Waals surface area contributed by atoms with Crippen LogP contribution in [0.4, 0.5) is 4.39 Å².